The Kier molecular flexibility index (Phi) is 6.64. The first-order valence-corrected chi connectivity index (χ1v) is 9.86. The second-order valence-electron chi connectivity index (χ2n) is 7.16. The quantitative estimate of drug-likeness (QED) is 0.788. The van der Waals surface area contributed by atoms with Crippen LogP contribution >= 0.6 is 23.2 Å². The van der Waals surface area contributed by atoms with Crippen LogP contribution in [0.4, 0.5) is 0 Å². The average Bonchev–Trinajstić information content (AvgIpc) is 2.59. The zero-order valence-corrected chi connectivity index (χ0v) is 15.4. The van der Waals surface area contributed by atoms with Gasteiger partial charge in [0, 0.05) is 19.1 Å². The summed E-state index contributed by atoms with van der Waals surface area (Å²) in [6.07, 6.45) is 9.58. The lowest BCUT2D eigenvalue weighted by molar-refractivity contribution is 0.118. The van der Waals surface area contributed by atoms with Gasteiger partial charge >= 0.3 is 0 Å². The predicted octanol–water partition coefficient (Wildman–Crippen LogP) is 5.13. The van der Waals surface area contributed by atoms with Gasteiger partial charge < -0.3 is 5.32 Å². The Labute approximate surface area is 150 Å². The molecule has 0 amide bonds. The highest BCUT2D eigenvalue weighted by Crippen LogP contribution is 2.28. The van der Waals surface area contributed by atoms with E-state index in [1.165, 1.54) is 57.1 Å². The van der Waals surface area contributed by atoms with E-state index in [-0.39, 0.29) is 0 Å². The maximum absolute atomic E-state index is 6.21. The van der Waals surface area contributed by atoms with Crippen molar-refractivity contribution < 1.29 is 0 Å². The molecule has 0 spiro atoms. The Morgan fingerprint density at radius 1 is 0.957 bits per heavy atom. The van der Waals surface area contributed by atoms with E-state index < -0.39 is 0 Å². The summed E-state index contributed by atoms with van der Waals surface area (Å²) in [6.45, 7) is 4.53. The van der Waals surface area contributed by atoms with E-state index in [0.717, 1.165) is 25.6 Å². The molecule has 0 atom stereocenters. The van der Waals surface area contributed by atoms with Crippen LogP contribution in [0.3, 0.4) is 0 Å². The molecule has 23 heavy (non-hydrogen) atoms. The lowest BCUT2D eigenvalue weighted by atomic mass is 9.88. The molecule has 128 valence electrons. The SMILES string of the molecule is Clc1ccc(CN(CC2CCCCC2)C2CCNCC2)cc1Cl. The van der Waals surface area contributed by atoms with E-state index in [0.29, 0.717) is 16.1 Å². The van der Waals surface area contributed by atoms with Crippen LogP contribution in [0.15, 0.2) is 18.2 Å². The fraction of sp³-hybridized carbons (Fsp3) is 0.684. The fourth-order valence-electron chi connectivity index (χ4n) is 4.09. The first-order valence-electron chi connectivity index (χ1n) is 9.11. The minimum atomic E-state index is 0.649. The maximum Gasteiger partial charge on any atom is 0.0595 e. The Hall–Kier alpha value is -0.280. The van der Waals surface area contributed by atoms with Crippen molar-refractivity contribution in [1.29, 1.82) is 0 Å². The van der Waals surface area contributed by atoms with Crippen molar-refractivity contribution in [2.24, 2.45) is 5.92 Å². The molecule has 0 aromatic heterocycles. The molecule has 3 rings (SSSR count). The lowest BCUT2D eigenvalue weighted by Crippen LogP contribution is -2.44. The fourth-order valence-corrected chi connectivity index (χ4v) is 4.41. The number of hydrogen-bond acceptors (Lipinski definition) is 2. The molecule has 4 heteroatoms. The van der Waals surface area contributed by atoms with Crippen molar-refractivity contribution >= 4 is 23.2 Å². The van der Waals surface area contributed by atoms with Gasteiger partial charge in [0.1, 0.15) is 0 Å². The molecular weight excluding hydrogens is 327 g/mol. The first-order chi connectivity index (χ1) is 11.2. The largest absolute Gasteiger partial charge is 0.317 e. The van der Waals surface area contributed by atoms with Crippen LogP contribution in [0.1, 0.15) is 50.5 Å². The molecule has 2 fully saturated rings. The van der Waals surface area contributed by atoms with Crippen molar-refractivity contribution in [3.63, 3.8) is 0 Å². The van der Waals surface area contributed by atoms with Gasteiger partial charge in [0.2, 0.25) is 0 Å². The van der Waals surface area contributed by atoms with E-state index in [9.17, 15) is 0 Å². The molecule has 1 aliphatic carbocycles. The third kappa shape index (κ3) is 5.09. The molecule has 0 unspecified atom stereocenters. The van der Waals surface area contributed by atoms with Gasteiger partial charge in [-0.2, -0.15) is 0 Å². The number of nitrogens with one attached hydrogen (secondary N) is 1. The monoisotopic (exact) mass is 354 g/mol. The normalized spacial score (nSPS) is 21.0. The van der Waals surface area contributed by atoms with Gasteiger partial charge in [0.05, 0.1) is 10.0 Å². The predicted molar refractivity (Wildman–Crippen MR) is 99.3 cm³/mol. The number of rotatable bonds is 5. The Morgan fingerprint density at radius 3 is 2.39 bits per heavy atom. The van der Waals surface area contributed by atoms with Gasteiger partial charge in [-0.05, 0) is 62.4 Å². The Bertz CT molecular complexity index is 494. The molecule has 2 nitrogen and oxygen atoms in total. The van der Waals surface area contributed by atoms with Gasteiger partial charge in [-0.1, -0.05) is 48.5 Å². The number of halogens is 2. The molecule has 1 aliphatic heterocycles. The zero-order valence-electron chi connectivity index (χ0n) is 13.9. The van der Waals surface area contributed by atoms with Crippen LogP contribution in [0, 0.1) is 5.92 Å². The van der Waals surface area contributed by atoms with Gasteiger partial charge in [-0.3, -0.25) is 4.90 Å². The van der Waals surface area contributed by atoms with Gasteiger partial charge in [0.15, 0.2) is 0 Å². The minimum absolute atomic E-state index is 0.649. The van der Waals surface area contributed by atoms with E-state index in [2.05, 4.69) is 16.3 Å². The molecule has 2 aliphatic rings. The Morgan fingerprint density at radius 2 is 1.70 bits per heavy atom. The molecular formula is C19H28Cl2N2. The summed E-state index contributed by atoms with van der Waals surface area (Å²) in [5.74, 6) is 0.876. The van der Waals surface area contributed by atoms with Crippen LogP contribution in [-0.4, -0.2) is 30.6 Å². The second-order valence-corrected chi connectivity index (χ2v) is 7.98. The summed E-state index contributed by atoms with van der Waals surface area (Å²) in [4.78, 5) is 2.72. The van der Waals surface area contributed by atoms with Crippen molar-refractivity contribution in [2.75, 3.05) is 19.6 Å². The van der Waals surface area contributed by atoms with Crippen LogP contribution in [0.5, 0.6) is 0 Å². The van der Waals surface area contributed by atoms with E-state index >= 15 is 0 Å². The minimum Gasteiger partial charge on any atom is -0.317 e. The molecule has 1 aromatic rings. The van der Waals surface area contributed by atoms with E-state index in [1.54, 1.807) is 0 Å². The number of hydrogen-bond donors (Lipinski definition) is 1. The smallest absolute Gasteiger partial charge is 0.0595 e. The van der Waals surface area contributed by atoms with E-state index in [1.807, 2.05) is 12.1 Å². The molecule has 1 saturated carbocycles. The maximum atomic E-state index is 6.21. The van der Waals surface area contributed by atoms with Gasteiger partial charge in [-0.25, -0.2) is 0 Å². The number of nitrogens with zero attached hydrogens (tertiary/aromatic N) is 1. The second kappa shape index (κ2) is 8.71. The third-order valence-electron chi connectivity index (χ3n) is 5.41. The molecule has 1 heterocycles. The molecule has 1 aromatic carbocycles. The van der Waals surface area contributed by atoms with Crippen LogP contribution in [0.2, 0.25) is 10.0 Å². The van der Waals surface area contributed by atoms with Crippen LogP contribution in [0.25, 0.3) is 0 Å². The van der Waals surface area contributed by atoms with E-state index in [4.69, 9.17) is 23.2 Å². The first kappa shape index (κ1) is 17.5. The van der Waals surface area contributed by atoms with Crippen molar-refractivity contribution in [3.8, 4) is 0 Å². The highest BCUT2D eigenvalue weighted by molar-refractivity contribution is 6.42. The molecule has 1 N–H and O–H groups in total. The summed E-state index contributed by atoms with van der Waals surface area (Å²) in [5, 5.41) is 4.81. The van der Waals surface area contributed by atoms with Crippen molar-refractivity contribution in [1.82, 2.24) is 10.2 Å². The highest BCUT2D eigenvalue weighted by atomic mass is 35.5. The zero-order chi connectivity index (χ0) is 16.1. The summed E-state index contributed by atoms with van der Waals surface area (Å²) >= 11 is 12.3. The summed E-state index contributed by atoms with van der Waals surface area (Å²) in [6, 6.07) is 6.80. The van der Waals surface area contributed by atoms with Crippen LogP contribution < -0.4 is 5.32 Å². The van der Waals surface area contributed by atoms with Crippen LogP contribution in [-0.2, 0) is 6.54 Å². The molecule has 0 radical (unpaired) electrons. The lowest BCUT2D eigenvalue weighted by Gasteiger charge is -2.38. The van der Waals surface area contributed by atoms with Crippen molar-refractivity contribution in [3.05, 3.63) is 33.8 Å². The number of benzene rings is 1. The standard InChI is InChI=1S/C19H28Cl2N2/c20-18-7-6-16(12-19(18)21)14-23(17-8-10-22-11-9-17)13-15-4-2-1-3-5-15/h6-7,12,15,17,22H,1-5,8-11,13-14H2. The summed E-state index contributed by atoms with van der Waals surface area (Å²) < 4.78 is 0. The third-order valence-corrected chi connectivity index (χ3v) is 6.15. The topological polar surface area (TPSA) is 15.3 Å². The summed E-state index contributed by atoms with van der Waals surface area (Å²) in [5.41, 5.74) is 1.29. The molecule has 0 bridgehead atoms. The van der Waals surface area contributed by atoms with Gasteiger partial charge in [0.25, 0.3) is 0 Å². The molecule has 1 saturated heterocycles. The van der Waals surface area contributed by atoms with Gasteiger partial charge in [-0.15, -0.1) is 0 Å². The Balaban J connectivity index is 1.68. The average molecular weight is 355 g/mol. The highest BCUT2D eigenvalue weighted by Gasteiger charge is 2.25. The number of piperidine rings is 1. The van der Waals surface area contributed by atoms with Crippen molar-refractivity contribution in [2.45, 2.75) is 57.5 Å². The summed E-state index contributed by atoms with van der Waals surface area (Å²) in [7, 11) is 0.